The van der Waals surface area contributed by atoms with Gasteiger partial charge in [-0.1, -0.05) is 16.6 Å². The fraction of sp³-hybridized carbons (Fsp3) is 0.667. The molecular formula is C6H11ClS. The summed E-state index contributed by atoms with van der Waals surface area (Å²) in [5.41, 5.74) is 0. The van der Waals surface area contributed by atoms with E-state index in [0.717, 1.165) is 5.75 Å². The third kappa shape index (κ3) is 6.20. The van der Waals surface area contributed by atoms with Gasteiger partial charge in [-0.05, 0) is 19.4 Å². The molecule has 0 atom stereocenters. The molecule has 0 aromatic heterocycles. The van der Waals surface area contributed by atoms with E-state index in [4.69, 9.17) is 10.7 Å². The fourth-order valence-corrected chi connectivity index (χ4v) is 0.895. The van der Waals surface area contributed by atoms with Gasteiger partial charge in [0.15, 0.2) is 0 Å². The van der Waals surface area contributed by atoms with E-state index in [9.17, 15) is 0 Å². The zero-order valence-electron chi connectivity index (χ0n) is 5.49. The van der Waals surface area contributed by atoms with Gasteiger partial charge in [-0.15, -0.1) is 5.92 Å². The average molecular weight is 151 g/mol. The smallest absolute Gasteiger partial charge is 0.0508 e. The van der Waals surface area contributed by atoms with Crippen LogP contribution in [0.2, 0.25) is 0 Å². The molecule has 0 amide bonds. The van der Waals surface area contributed by atoms with Crippen LogP contribution in [0.25, 0.3) is 0 Å². The van der Waals surface area contributed by atoms with E-state index in [1.165, 1.54) is 0 Å². The second-order valence-corrected chi connectivity index (χ2v) is 7.58. The van der Waals surface area contributed by atoms with Gasteiger partial charge >= 0.3 is 0 Å². The predicted octanol–water partition coefficient (Wildman–Crippen LogP) is 2.23. The molecule has 0 bridgehead atoms. The fourth-order valence-electron chi connectivity index (χ4n) is 0.244. The van der Waals surface area contributed by atoms with Crippen molar-refractivity contribution in [2.24, 2.45) is 0 Å². The molecule has 0 aromatic carbocycles. The summed E-state index contributed by atoms with van der Waals surface area (Å²) in [5.74, 6) is 6.61. The molecule has 0 aromatic rings. The molecule has 2 heteroatoms. The summed E-state index contributed by atoms with van der Waals surface area (Å²) in [7, 11) is 5.01. The summed E-state index contributed by atoms with van der Waals surface area (Å²) >= 11 is 0. The largest absolute Gasteiger partial charge is 0.158 e. The van der Waals surface area contributed by atoms with Gasteiger partial charge in [0, 0.05) is 0 Å². The SMILES string of the molecule is CC#CCS(C)(C)Cl. The Balaban J connectivity index is 3.50. The number of halogens is 1. The van der Waals surface area contributed by atoms with Crippen molar-refractivity contribution in [3.63, 3.8) is 0 Å². The maximum absolute atomic E-state index is 5.89. The van der Waals surface area contributed by atoms with E-state index >= 15 is 0 Å². The first-order chi connectivity index (χ1) is 3.56. The molecule has 0 aliphatic heterocycles. The van der Waals surface area contributed by atoms with Gasteiger partial charge in [0.25, 0.3) is 0 Å². The normalized spacial score (nSPS) is 12.0. The minimum Gasteiger partial charge on any atom is -0.158 e. The highest BCUT2D eigenvalue weighted by Crippen LogP contribution is 2.44. The Bertz CT molecular complexity index is 113. The lowest BCUT2D eigenvalue weighted by molar-refractivity contribution is 1.81. The van der Waals surface area contributed by atoms with Gasteiger partial charge in [-0.3, -0.25) is 0 Å². The van der Waals surface area contributed by atoms with Crippen molar-refractivity contribution in [3.05, 3.63) is 0 Å². The first kappa shape index (κ1) is 8.20. The van der Waals surface area contributed by atoms with Crippen molar-refractivity contribution in [1.82, 2.24) is 0 Å². The van der Waals surface area contributed by atoms with Crippen LogP contribution >= 0.6 is 19.9 Å². The minimum absolute atomic E-state index is 0.852. The first-order valence-electron chi connectivity index (χ1n) is 2.36. The maximum Gasteiger partial charge on any atom is 0.0508 e. The van der Waals surface area contributed by atoms with Crippen LogP contribution in [0.5, 0.6) is 0 Å². The monoisotopic (exact) mass is 150 g/mol. The molecule has 0 aliphatic rings. The van der Waals surface area contributed by atoms with E-state index in [0.29, 0.717) is 0 Å². The summed E-state index contributed by atoms with van der Waals surface area (Å²) in [6.07, 6.45) is 4.08. The highest BCUT2D eigenvalue weighted by atomic mass is 35.7. The molecule has 0 saturated heterocycles. The van der Waals surface area contributed by atoms with Crippen LogP contribution in [0.1, 0.15) is 6.92 Å². The van der Waals surface area contributed by atoms with E-state index in [1.807, 2.05) is 19.4 Å². The third-order valence-corrected chi connectivity index (χ3v) is 1.75. The van der Waals surface area contributed by atoms with Crippen molar-refractivity contribution in [2.75, 3.05) is 18.3 Å². The zero-order chi connectivity index (χ0) is 6.62. The predicted molar refractivity (Wildman–Crippen MR) is 43.6 cm³/mol. The Kier molecular flexibility index (Phi) is 3.35. The van der Waals surface area contributed by atoms with E-state index < -0.39 is 9.24 Å². The molecule has 0 N–H and O–H groups in total. The molecule has 0 nitrogen and oxygen atoms in total. The van der Waals surface area contributed by atoms with Crippen LogP contribution in [-0.2, 0) is 0 Å². The van der Waals surface area contributed by atoms with Crippen molar-refractivity contribution >= 4 is 19.9 Å². The van der Waals surface area contributed by atoms with Crippen LogP contribution in [0.4, 0.5) is 0 Å². The highest BCUT2D eigenvalue weighted by molar-refractivity contribution is 8.50. The molecular weight excluding hydrogens is 140 g/mol. The number of hydrogen-bond donors (Lipinski definition) is 0. The number of hydrogen-bond acceptors (Lipinski definition) is 0. The van der Waals surface area contributed by atoms with Crippen LogP contribution in [0, 0.1) is 11.8 Å². The summed E-state index contributed by atoms with van der Waals surface area (Å²) < 4.78 is 0. The number of rotatable bonds is 1. The Morgan fingerprint density at radius 2 is 2.00 bits per heavy atom. The van der Waals surface area contributed by atoms with Crippen molar-refractivity contribution in [2.45, 2.75) is 6.92 Å². The molecule has 0 rings (SSSR count). The van der Waals surface area contributed by atoms with Crippen molar-refractivity contribution in [1.29, 1.82) is 0 Å². The Labute approximate surface area is 57.4 Å². The molecule has 48 valence electrons. The van der Waals surface area contributed by atoms with E-state index in [-0.39, 0.29) is 0 Å². The maximum atomic E-state index is 5.89. The summed E-state index contributed by atoms with van der Waals surface area (Å²) in [6.45, 7) is 1.84. The molecule has 8 heavy (non-hydrogen) atoms. The van der Waals surface area contributed by atoms with Gasteiger partial charge in [0.05, 0.1) is 5.75 Å². The van der Waals surface area contributed by atoms with Gasteiger partial charge < -0.3 is 0 Å². The molecule has 0 fully saturated rings. The summed E-state index contributed by atoms with van der Waals surface area (Å²) in [5, 5.41) is 0. The van der Waals surface area contributed by atoms with E-state index in [2.05, 4.69) is 11.8 Å². The second kappa shape index (κ2) is 3.27. The quantitative estimate of drug-likeness (QED) is 0.503. The Morgan fingerprint density at radius 1 is 1.50 bits per heavy atom. The standard InChI is InChI=1S/C6H11ClS/c1-4-5-6-8(2,3)7/h6H2,1-3H3. The first-order valence-corrected chi connectivity index (χ1v) is 5.81. The van der Waals surface area contributed by atoms with Crippen LogP contribution < -0.4 is 0 Å². The van der Waals surface area contributed by atoms with Crippen molar-refractivity contribution < 1.29 is 0 Å². The van der Waals surface area contributed by atoms with Crippen LogP contribution in [0.15, 0.2) is 0 Å². The summed E-state index contributed by atoms with van der Waals surface area (Å²) in [4.78, 5) is 0. The van der Waals surface area contributed by atoms with Gasteiger partial charge in [0.2, 0.25) is 0 Å². The highest BCUT2D eigenvalue weighted by Gasteiger charge is 2.01. The molecule has 0 spiro atoms. The van der Waals surface area contributed by atoms with Gasteiger partial charge in [-0.2, -0.15) is 9.24 Å². The second-order valence-electron chi connectivity index (χ2n) is 1.97. The molecule has 0 saturated carbocycles. The van der Waals surface area contributed by atoms with Gasteiger partial charge in [0.1, 0.15) is 0 Å². The third-order valence-electron chi connectivity index (χ3n) is 0.592. The lowest BCUT2D eigenvalue weighted by atomic mass is 10.7. The lowest BCUT2D eigenvalue weighted by Gasteiger charge is -2.16. The molecule has 0 unspecified atom stereocenters. The topological polar surface area (TPSA) is 0 Å². The molecule has 0 radical (unpaired) electrons. The van der Waals surface area contributed by atoms with E-state index in [1.54, 1.807) is 0 Å². The Hall–Kier alpha value is 0.200. The van der Waals surface area contributed by atoms with Gasteiger partial charge in [-0.25, -0.2) is 0 Å². The van der Waals surface area contributed by atoms with Crippen LogP contribution in [-0.4, -0.2) is 18.3 Å². The lowest BCUT2D eigenvalue weighted by Crippen LogP contribution is -1.88. The zero-order valence-corrected chi connectivity index (χ0v) is 7.07. The van der Waals surface area contributed by atoms with Crippen LogP contribution in [0.3, 0.4) is 0 Å². The van der Waals surface area contributed by atoms with Crippen molar-refractivity contribution in [3.8, 4) is 11.8 Å². The molecule has 0 heterocycles. The Morgan fingerprint density at radius 3 is 2.12 bits per heavy atom. The average Bonchev–Trinajstić information content (AvgIpc) is 1.59. The summed E-state index contributed by atoms with van der Waals surface area (Å²) in [6, 6.07) is 0. The molecule has 0 aliphatic carbocycles. The minimum atomic E-state index is -0.888.